The van der Waals surface area contributed by atoms with Crippen LogP contribution >= 0.6 is 0 Å². The van der Waals surface area contributed by atoms with E-state index in [1.165, 1.54) is 55.7 Å². The van der Waals surface area contributed by atoms with Gasteiger partial charge >= 0.3 is 0 Å². The van der Waals surface area contributed by atoms with E-state index in [0.29, 0.717) is 5.41 Å². The Morgan fingerprint density at radius 3 is 2.69 bits per heavy atom. The molecule has 0 atom stereocenters. The van der Waals surface area contributed by atoms with Crippen LogP contribution in [0, 0.1) is 17.3 Å². The molecule has 2 heteroatoms. The van der Waals surface area contributed by atoms with Gasteiger partial charge in [0.25, 0.3) is 0 Å². The minimum atomic E-state index is 0.356. The summed E-state index contributed by atoms with van der Waals surface area (Å²) in [4.78, 5) is 7.33. The predicted octanol–water partition coefficient (Wildman–Crippen LogP) is 4.99. The molecule has 2 nitrogen and oxygen atoms in total. The van der Waals surface area contributed by atoms with Crippen molar-refractivity contribution in [2.24, 2.45) is 5.41 Å². The molecular weight excluding hydrogens is 316 g/mol. The van der Waals surface area contributed by atoms with Crippen molar-refractivity contribution in [2.45, 2.75) is 52.4 Å². The summed E-state index contributed by atoms with van der Waals surface area (Å²) in [5.41, 5.74) is 6.28. The van der Waals surface area contributed by atoms with Gasteiger partial charge in [0.15, 0.2) is 0 Å². The first-order valence-corrected chi connectivity index (χ1v) is 9.95. The van der Waals surface area contributed by atoms with Crippen LogP contribution in [0.25, 0.3) is 0 Å². The highest BCUT2D eigenvalue weighted by Crippen LogP contribution is 2.33. The summed E-state index contributed by atoms with van der Waals surface area (Å²) in [6, 6.07) is 13.0. The molecule has 0 saturated carbocycles. The Morgan fingerprint density at radius 2 is 1.85 bits per heavy atom. The molecule has 0 amide bonds. The van der Waals surface area contributed by atoms with E-state index in [4.69, 9.17) is 4.98 Å². The Balaban J connectivity index is 1.54. The number of benzene rings is 1. The van der Waals surface area contributed by atoms with Crippen LogP contribution in [0.5, 0.6) is 0 Å². The SMILES string of the molecule is CC1(C)CCc2ccc(C#Cc3cccc(N4CCCCC4)c3)nc2C1. The van der Waals surface area contributed by atoms with Crippen LogP contribution in [0.15, 0.2) is 36.4 Å². The molecule has 0 N–H and O–H groups in total. The molecule has 134 valence electrons. The molecule has 1 aromatic carbocycles. The van der Waals surface area contributed by atoms with Crippen molar-refractivity contribution < 1.29 is 0 Å². The van der Waals surface area contributed by atoms with E-state index in [0.717, 1.165) is 24.1 Å². The van der Waals surface area contributed by atoms with E-state index < -0.39 is 0 Å². The van der Waals surface area contributed by atoms with Crippen LogP contribution in [-0.4, -0.2) is 18.1 Å². The topological polar surface area (TPSA) is 16.1 Å². The fourth-order valence-corrected chi connectivity index (χ4v) is 4.06. The molecule has 1 aromatic heterocycles. The molecule has 4 rings (SSSR count). The molecule has 1 aliphatic heterocycles. The first kappa shape index (κ1) is 17.2. The number of pyridine rings is 1. The second kappa shape index (κ2) is 7.16. The highest BCUT2D eigenvalue weighted by atomic mass is 15.1. The van der Waals surface area contributed by atoms with Gasteiger partial charge in [-0.1, -0.05) is 31.9 Å². The molecule has 0 radical (unpaired) electrons. The van der Waals surface area contributed by atoms with E-state index in [9.17, 15) is 0 Å². The number of anilines is 1. The minimum absolute atomic E-state index is 0.356. The average molecular weight is 345 g/mol. The lowest BCUT2D eigenvalue weighted by molar-refractivity contribution is 0.310. The van der Waals surface area contributed by atoms with Gasteiger partial charge in [-0.2, -0.15) is 0 Å². The number of hydrogen-bond acceptors (Lipinski definition) is 2. The maximum Gasteiger partial charge on any atom is 0.113 e. The molecule has 0 bridgehead atoms. The van der Waals surface area contributed by atoms with Crippen molar-refractivity contribution in [1.29, 1.82) is 0 Å². The van der Waals surface area contributed by atoms with Crippen molar-refractivity contribution >= 4 is 5.69 Å². The van der Waals surface area contributed by atoms with Gasteiger partial charge in [-0.15, -0.1) is 0 Å². The van der Waals surface area contributed by atoms with Crippen molar-refractivity contribution in [3.8, 4) is 11.8 Å². The molecular formula is C24H28N2. The second-order valence-electron chi connectivity index (χ2n) is 8.49. The molecule has 1 aliphatic carbocycles. The van der Waals surface area contributed by atoms with Crippen LogP contribution < -0.4 is 4.90 Å². The largest absolute Gasteiger partial charge is 0.372 e. The molecule has 1 saturated heterocycles. The van der Waals surface area contributed by atoms with E-state index in [1.54, 1.807) is 0 Å². The highest BCUT2D eigenvalue weighted by molar-refractivity contribution is 5.53. The lowest BCUT2D eigenvalue weighted by atomic mass is 9.76. The summed E-state index contributed by atoms with van der Waals surface area (Å²) < 4.78 is 0. The van der Waals surface area contributed by atoms with Gasteiger partial charge in [-0.25, -0.2) is 4.98 Å². The first-order chi connectivity index (χ1) is 12.6. The van der Waals surface area contributed by atoms with Gasteiger partial charge in [0, 0.05) is 30.0 Å². The second-order valence-corrected chi connectivity index (χ2v) is 8.49. The summed E-state index contributed by atoms with van der Waals surface area (Å²) in [6.45, 7) is 7.00. The monoisotopic (exact) mass is 344 g/mol. The summed E-state index contributed by atoms with van der Waals surface area (Å²) in [6.07, 6.45) is 7.40. The van der Waals surface area contributed by atoms with Gasteiger partial charge in [-0.3, -0.25) is 0 Å². The molecule has 0 unspecified atom stereocenters. The number of nitrogens with zero attached hydrogens (tertiary/aromatic N) is 2. The van der Waals surface area contributed by atoms with Gasteiger partial charge in [0.1, 0.15) is 5.69 Å². The van der Waals surface area contributed by atoms with Gasteiger partial charge < -0.3 is 4.90 Å². The maximum atomic E-state index is 4.85. The molecule has 1 fully saturated rings. The van der Waals surface area contributed by atoms with Crippen LogP contribution in [0.2, 0.25) is 0 Å². The Labute approximate surface area is 157 Å². The smallest absolute Gasteiger partial charge is 0.113 e. The Kier molecular flexibility index (Phi) is 4.72. The molecule has 26 heavy (non-hydrogen) atoms. The van der Waals surface area contributed by atoms with Crippen LogP contribution in [0.4, 0.5) is 5.69 Å². The Hall–Kier alpha value is -2.27. The van der Waals surface area contributed by atoms with Crippen molar-refractivity contribution in [1.82, 2.24) is 4.98 Å². The zero-order valence-electron chi connectivity index (χ0n) is 16.0. The van der Waals surface area contributed by atoms with E-state index in [2.05, 4.69) is 67.0 Å². The number of fused-ring (bicyclic) bond motifs is 1. The zero-order chi connectivity index (χ0) is 18.0. The number of aromatic nitrogens is 1. The fraction of sp³-hybridized carbons (Fsp3) is 0.458. The Morgan fingerprint density at radius 1 is 1.00 bits per heavy atom. The fourth-order valence-electron chi connectivity index (χ4n) is 4.06. The molecule has 2 aliphatic rings. The van der Waals surface area contributed by atoms with Gasteiger partial charge in [-0.05, 0) is 79.7 Å². The normalized spacial score (nSPS) is 18.6. The average Bonchev–Trinajstić information content (AvgIpc) is 2.66. The van der Waals surface area contributed by atoms with E-state index >= 15 is 0 Å². The van der Waals surface area contributed by atoms with Gasteiger partial charge in [0.2, 0.25) is 0 Å². The van der Waals surface area contributed by atoms with E-state index in [-0.39, 0.29) is 0 Å². The van der Waals surface area contributed by atoms with Crippen molar-refractivity contribution in [3.63, 3.8) is 0 Å². The summed E-state index contributed by atoms with van der Waals surface area (Å²) in [7, 11) is 0. The predicted molar refractivity (Wildman–Crippen MR) is 109 cm³/mol. The van der Waals surface area contributed by atoms with Gasteiger partial charge in [0.05, 0.1) is 0 Å². The van der Waals surface area contributed by atoms with Crippen LogP contribution in [-0.2, 0) is 12.8 Å². The summed E-state index contributed by atoms with van der Waals surface area (Å²) in [5.74, 6) is 6.62. The van der Waals surface area contributed by atoms with Crippen LogP contribution in [0.1, 0.15) is 62.0 Å². The Bertz CT molecular complexity index is 848. The third-order valence-electron chi connectivity index (χ3n) is 5.69. The lowest BCUT2D eigenvalue weighted by Crippen LogP contribution is -2.29. The quantitative estimate of drug-likeness (QED) is 0.678. The molecule has 2 aromatic rings. The van der Waals surface area contributed by atoms with Crippen molar-refractivity contribution in [2.75, 3.05) is 18.0 Å². The maximum absolute atomic E-state index is 4.85. The zero-order valence-corrected chi connectivity index (χ0v) is 16.0. The standard InChI is InChI=1S/C24H28N2/c1-24(2)14-13-20-10-12-21(25-23(20)18-24)11-9-19-7-6-8-22(17-19)26-15-4-3-5-16-26/h6-8,10,12,17H,3-5,13-16,18H2,1-2H3. The third kappa shape index (κ3) is 3.93. The summed E-state index contributed by atoms with van der Waals surface area (Å²) in [5, 5.41) is 0. The van der Waals surface area contributed by atoms with Crippen molar-refractivity contribution in [3.05, 3.63) is 58.9 Å². The summed E-state index contributed by atoms with van der Waals surface area (Å²) >= 11 is 0. The van der Waals surface area contributed by atoms with E-state index in [1.807, 2.05) is 0 Å². The first-order valence-electron chi connectivity index (χ1n) is 9.95. The molecule has 0 spiro atoms. The van der Waals surface area contributed by atoms with Crippen LogP contribution in [0.3, 0.4) is 0 Å². The number of aryl methyl sites for hydroxylation is 1. The number of piperidine rings is 1. The third-order valence-corrected chi connectivity index (χ3v) is 5.69. The number of rotatable bonds is 1. The highest BCUT2D eigenvalue weighted by Gasteiger charge is 2.26. The number of hydrogen-bond donors (Lipinski definition) is 0. The lowest BCUT2D eigenvalue weighted by Gasteiger charge is -2.30. The minimum Gasteiger partial charge on any atom is -0.372 e. The molecule has 2 heterocycles.